The summed E-state index contributed by atoms with van der Waals surface area (Å²) >= 11 is 0. The first-order valence-corrected chi connectivity index (χ1v) is 9.64. The van der Waals surface area contributed by atoms with Crippen molar-refractivity contribution in [1.82, 2.24) is 9.80 Å². The predicted molar refractivity (Wildman–Crippen MR) is 106 cm³/mol. The molecule has 1 unspecified atom stereocenters. The summed E-state index contributed by atoms with van der Waals surface area (Å²) in [5, 5.41) is 0. The van der Waals surface area contributed by atoms with Crippen molar-refractivity contribution in [3.63, 3.8) is 0 Å². The molecule has 1 atom stereocenters. The van der Waals surface area contributed by atoms with Crippen molar-refractivity contribution in [2.24, 2.45) is 0 Å². The fourth-order valence-electron chi connectivity index (χ4n) is 3.81. The summed E-state index contributed by atoms with van der Waals surface area (Å²) in [6.45, 7) is 2.59. The first kappa shape index (κ1) is 18.6. The molecule has 6 nitrogen and oxygen atoms in total. The second kappa shape index (κ2) is 8.10. The number of hydrogen-bond acceptors (Lipinski definition) is 5. The molecule has 2 aromatic rings. The van der Waals surface area contributed by atoms with Crippen molar-refractivity contribution in [2.75, 3.05) is 40.6 Å². The van der Waals surface area contributed by atoms with Gasteiger partial charge in [-0.3, -0.25) is 9.69 Å². The fraction of sp³-hybridized carbons (Fsp3) is 0.409. The van der Waals surface area contributed by atoms with Crippen LogP contribution in [-0.2, 0) is 11.2 Å². The van der Waals surface area contributed by atoms with Gasteiger partial charge in [-0.15, -0.1) is 0 Å². The number of aryl methyl sites for hydroxylation is 1. The van der Waals surface area contributed by atoms with Gasteiger partial charge >= 0.3 is 0 Å². The van der Waals surface area contributed by atoms with Gasteiger partial charge in [0.25, 0.3) is 0 Å². The second-order valence-corrected chi connectivity index (χ2v) is 7.30. The van der Waals surface area contributed by atoms with Crippen molar-refractivity contribution in [1.29, 1.82) is 0 Å². The number of carbonyl (C=O) groups excluding carboxylic acids is 1. The smallest absolute Gasteiger partial charge is 0.231 e. The van der Waals surface area contributed by atoms with E-state index in [-0.39, 0.29) is 18.7 Å². The van der Waals surface area contributed by atoms with E-state index in [1.165, 1.54) is 5.56 Å². The van der Waals surface area contributed by atoms with Gasteiger partial charge < -0.3 is 19.1 Å². The van der Waals surface area contributed by atoms with E-state index in [2.05, 4.69) is 24.1 Å². The summed E-state index contributed by atoms with van der Waals surface area (Å²) in [6.07, 6.45) is 1.19. The molecule has 4 rings (SSSR count). The highest BCUT2D eigenvalue weighted by Crippen LogP contribution is 2.33. The maximum atomic E-state index is 12.8. The van der Waals surface area contributed by atoms with Gasteiger partial charge in [-0.1, -0.05) is 18.2 Å². The summed E-state index contributed by atoms with van der Waals surface area (Å²) in [4.78, 5) is 17.1. The summed E-state index contributed by atoms with van der Waals surface area (Å²) in [5.74, 6) is 2.58. The molecule has 6 heteroatoms. The topological polar surface area (TPSA) is 51.2 Å². The third-order valence-electron chi connectivity index (χ3n) is 5.54. The maximum Gasteiger partial charge on any atom is 0.231 e. The zero-order valence-electron chi connectivity index (χ0n) is 16.4. The molecule has 2 aromatic carbocycles. The zero-order chi connectivity index (χ0) is 19.5. The van der Waals surface area contributed by atoms with Crippen LogP contribution in [0.5, 0.6) is 17.2 Å². The Bertz CT molecular complexity index is 854. The van der Waals surface area contributed by atoms with Crippen LogP contribution in [0.25, 0.3) is 0 Å². The largest absolute Gasteiger partial charge is 0.497 e. The normalized spacial score (nSPS) is 18.9. The van der Waals surface area contributed by atoms with Gasteiger partial charge in [-0.05, 0) is 48.9 Å². The lowest BCUT2D eigenvalue weighted by molar-refractivity contribution is -0.134. The maximum absolute atomic E-state index is 12.8. The molecular formula is C22H26N2O4. The van der Waals surface area contributed by atoms with Gasteiger partial charge in [0.05, 0.1) is 13.2 Å². The molecule has 1 amide bonds. The van der Waals surface area contributed by atoms with Crippen molar-refractivity contribution in [3.05, 3.63) is 53.6 Å². The minimum absolute atomic E-state index is 0.179. The molecule has 0 aliphatic carbocycles. The van der Waals surface area contributed by atoms with E-state index in [0.717, 1.165) is 35.9 Å². The Morgan fingerprint density at radius 1 is 1.14 bits per heavy atom. The number of methoxy groups -OCH3 is 1. The van der Waals surface area contributed by atoms with Crippen LogP contribution in [0.4, 0.5) is 0 Å². The minimum Gasteiger partial charge on any atom is -0.497 e. The number of hydrogen-bond donors (Lipinski definition) is 0. The lowest BCUT2D eigenvalue weighted by atomic mass is 10.0. The molecule has 0 bridgehead atoms. The van der Waals surface area contributed by atoms with Gasteiger partial charge in [0.1, 0.15) is 5.75 Å². The third kappa shape index (κ3) is 3.92. The Morgan fingerprint density at radius 2 is 2.00 bits per heavy atom. The first-order chi connectivity index (χ1) is 13.6. The molecule has 2 heterocycles. The molecule has 0 saturated carbocycles. The van der Waals surface area contributed by atoms with Gasteiger partial charge in [0.15, 0.2) is 11.5 Å². The van der Waals surface area contributed by atoms with Crippen LogP contribution >= 0.6 is 0 Å². The Kier molecular flexibility index (Phi) is 5.39. The van der Waals surface area contributed by atoms with Gasteiger partial charge in [-0.25, -0.2) is 0 Å². The number of amides is 1. The molecule has 0 N–H and O–H groups in total. The van der Waals surface area contributed by atoms with E-state index in [1.54, 1.807) is 7.11 Å². The number of ether oxygens (including phenoxy) is 3. The number of benzene rings is 2. The summed E-state index contributed by atoms with van der Waals surface area (Å²) in [6, 6.07) is 14.2. The van der Waals surface area contributed by atoms with Gasteiger partial charge in [0.2, 0.25) is 12.7 Å². The molecule has 2 aliphatic heterocycles. The summed E-state index contributed by atoms with van der Waals surface area (Å²) < 4.78 is 16.1. The Balaban J connectivity index is 1.38. The number of nitrogens with zero attached hydrogens (tertiary/aromatic N) is 2. The van der Waals surface area contributed by atoms with Gasteiger partial charge in [0, 0.05) is 26.1 Å². The lowest BCUT2D eigenvalue weighted by Crippen LogP contribution is -2.49. The van der Waals surface area contributed by atoms with Crippen molar-refractivity contribution in [2.45, 2.75) is 18.9 Å². The predicted octanol–water partition coefficient (Wildman–Crippen LogP) is 2.87. The summed E-state index contributed by atoms with van der Waals surface area (Å²) in [7, 11) is 3.79. The van der Waals surface area contributed by atoms with E-state index in [0.29, 0.717) is 19.4 Å². The standard InChI is InChI=1S/C22H26N2O4/c1-23-10-11-24(14-19(23)17-4-3-5-18(13-17)26-2)22(25)9-7-16-6-8-20-21(12-16)28-15-27-20/h3-6,8,12-13,19H,7,9-11,14-15H2,1-2H3. The third-order valence-corrected chi connectivity index (χ3v) is 5.54. The lowest BCUT2D eigenvalue weighted by Gasteiger charge is -2.40. The van der Waals surface area contributed by atoms with Crippen molar-refractivity contribution >= 4 is 5.91 Å². The van der Waals surface area contributed by atoms with Crippen LogP contribution in [0, 0.1) is 0 Å². The van der Waals surface area contributed by atoms with Crippen LogP contribution < -0.4 is 14.2 Å². The van der Waals surface area contributed by atoms with Crippen molar-refractivity contribution < 1.29 is 19.0 Å². The molecule has 0 aromatic heterocycles. The molecule has 1 saturated heterocycles. The first-order valence-electron chi connectivity index (χ1n) is 9.64. The number of fused-ring (bicyclic) bond motifs is 1. The quantitative estimate of drug-likeness (QED) is 0.796. The number of piperazine rings is 1. The zero-order valence-corrected chi connectivity index (χ0v) is 16.4. The Hall–Kier alpha value is -2.73. The highest BCUT2D eigenvalue weighted by atomic mass is 16.7. The van der Waals surface area contributed by atoms with Gasteiger partial charge in [-0.2, -0.15) is 0 Å². The molecule has 0 spiro atoms. The SMILES string of the molecule is COc1cccc(C2CN(C(=O)CCc3ccc4c(c3)OCO4)CCN2C)c1. The molecule has 1 fully saturated rings. The van der Waals surface area contributed by atoms with Crippen LogP contribution in [0.3, 0.4) is 0 Å². The molecule has 2 aliphatic rings. The second-order valence-electron chi connectivity index (χ2n) is 7.30. The monoisotopic (exact) mass is 382 g/mol. The average Bonchev–Trinajstić information content (AvgIpc) is 3.20. The minimum atomic E-state index is 0.179. The number of rotatable bonds is 5. The van der Waals surface area contributed by atoms with Crippen LogP contribution in [0.15, 0.2) is 42.5 Å². The highest BCUT2D eigenvalue weighted by molar-refractivity contribution is 5.76. The van der Waals surface area contributed by atoms with Crippen molar-refractivity contribution in [3.8, 4) is 17.2 Å². The van der Waals surface area contributed by atoms with Crippen LogP contribution in [0.2, 0.25) is 0 Å². The van der Waals surface area contributed by atoms with Crippen LogP contribution in [-0.4, -0.2) is 56.3 Å². The molecule has 28 heavy (non-hydrogen) atoms. The molecule has 148 valence electrons. The number of carbonyl (C=O) groups is 1. The van der Waals surface area contributed by atoms with E-state index in [4.69, 9.17) is 14.2 Å². The fourth-order valence-corrected chi connectivity index (χ4v) is 3.81. The Labute approximate surface area is 165 Å². The van der Waals surface area contributed by atoms with E-state index in [9.17, 15) is 4.79 Å². The number of likely N-dealkylation sites (N-methyl/N-ethyl adjacent to an activating group) is 1. The average molecular weight is 382 g/mol. The van der Waals surface area contributed by atoms with Crippen LogP contribution in [0.1, 0.15) is 23.6 Å². The van der Waals surface area contributed by atoms with E-state index >= 15 is 0 Å². The molecular weight excluding hydrogens is 356 g/mol. The molecule has 0 radical (unpaired) electrons. The Morgan fingerprint density at radius 3 is 2.86 bits per heavy atom. The highest BCUT2D eigenvalue weighted by Gasteiger charge is 2.28. The van der Waals surface area contributed by atoms with E-state index < -0.39 is 0 Å². The summed E-state index contributed by atoms with van der Waals surface area (Å²) in [5.41, 5.74) is 2.27. The van der Waals surface area contributed by atoms with E-state index in [1.807, 2.05) is 35.2 Å².